The smallest absolute Gasteiger partial charge is 0.139 e. The number of fused-ring (bicyclic) bond motifs is 5. The van der Waals surface area contributed by atoms with Crippen LogP contribution in [0.3, 0.4) is 0 Å². The molecule has 0 aromatic rings. The van der Waals surface area contributed by atoms with E-state index in [2.05, 4.69) is 24.5 Å². The van der Waals surface area contributed by atoms with Crippen molar-refractivity contribution in [2.45, 2.75) is 77.7 Å². The molecule has 4 heteroatoms. The quantitative estimate of drug-likeness (QED) is 0.602. The molecule has 4 fully saturated rings. The van der Waals surface area contributed by atoms with Gasteiger partial charge in [0.05, 0.1) is 0 Å². The Morgan fingerprint density at radius 2 is 1.91 bits per heavy atom. The van der Waals surface area contributed by atoms with Gasteiger partial charge in [0.1, 0.15) is 5.78 Å². The van der Waals surface area contributed by atoms with Gasteiger partial charge in [-0.2, -0.15) is 0 Å². The molecule has 4 saturated carbocycles. The van der Waals surface area contributed by atoms with Gasteiger partial charge in [-0.15, -0.1) is 0 Å². The summed E-state index contributed by atoms with van der Waals surface area (Å²) in [7, 11) is 0. The Morgan fingerprint density at radius 1 is 1.09 bits per heavy atom. The zero-order valence-corrected chi connectivity index (χ0v) is 14.6. The van der Waals surface area contributed by atoms with Gasteiger partial charge in [-0.25, -0.2) is 0 Å². The van der Waals surface area contributed by atoms with Gasteiger partial charge in [0, 0.05) is 11.8 Å². The van der Waals surface area contributed by atoms with Crippen molar-refractivity contribution < 1.29 is 4.79 Å². The molecule has 128 valence electrons. The Kier molecular flexibility index (Phi) is 3.58. The van der Waals surface area contributed by atoms with Crippen LogP contribution >= 0.6 is 0 Å². The Morgan fingerprint density at radius 3 is 2.70 bits per heavy atom. The van der Waals surface area contributed by atoms with E-state index in [-0.39, 0.29) is 5.41 Å². The first-order valence-corrected chi connectivity index (χ1v) is 9.62. The fourth-order valence-electron chi connectivity index (χ4n) is 7.23. The Hall–Kier alpha value is -0.930. The molecule has 7 atom stereocenters. The Bertz CT molecular complexity index is 521. The topological polar surface area (TPSA) is 63.8 Å². The third-order valence-corrected chi connectivity index (χ3v) is 8.62. The van der Waals surface area contributed by atoms with Crippen molar-refractivity contribution in [1.29, 1.82) is 0 Å². The van der Waals surface area contributed by atoms with E-state index in [1.807, 2.05) is 0 Å². The van der Waals surface area contributed by atoms with Crippen molar-refractivity contribution in [3.63, 3.8) is 0 Å². The highest BCUT2D eigenvalue weighted by Crippen LogP contribution is 2.65. The summed E-state index contributed by atoms with van der Waals surface area (Å²) in [5.41, 5.74) is 12.1. The average Bonchev–Trinajstić information content (AvgIpc) is 2.84. The van der Waals surface area contributed by atoms with E-state index < -0.39 is 0 Å². The number of Topliss-reactive ketones (excluding diaryl/α,β-unsaturated/α-hetero) is 1. The van der Waals surface area contributed by atoms with Crippen LogP contribution in [0, 0.1) is 34.5 Å². The molecular formula is C19H30N3O-. The fraction of sp³-hybridized carbons (Fsp3) is 0.947. The molecule has 0 radical (unpaired) electrons. The second kappa shape index (κ2) is 5.29. The van der Waals surface area contributed by atoms with Gasteiger partial charge >= 0.3 is 0 Å². The standard InChI is InChI=1S/C19H30N3O/c1-18-9-7-13(21-22-20)11-12(18)3-4-14-15-5-6-17(23)19(15,2)10-8-16(14)18/h12-16H,3-11H2,1-2H3,(H-,20,21)/q-1. The van der Waals surface area contributed by atoms with E-state index in [1.165, 1.54) is 25.7 Å². The molecule has 4 rings (SSSR count). The number of ketones is 1. The normalized spacial score (nSPS) is 52.3. The van der Waals surface area contributed by atoms with Crippen molar-refractivity contribution in [2.75, 3.05) is 0 Å². The molecule has 1 N–H and O–H groups in total. The zero-order chi connectivity index (χ0) is 16.2. The van der Waals surface area contributed by atoms with Gasteiger partial charge in [-0.05, 0) is 86.5 Å². The van der Waals surface area contributed by atoms with E-state index >= 15 is 0 Å². The van der Waals surface area contributed by atoms with Gasteiger partial charge in [-0.1, -0.05) is 13.8 Å². The van der Waals surface area contributed by atoms with Crippen LogP contribution in [-0.4, -0.2) is 11.8 Å². The molecule has 0 aliphatic heterocycles. The van der Waals surface area contributed by atoms with Crippen molar-refractivity contribution in [3.8, 4) is 0 Å². The van der Waals surface area contributed by atoms with Crippen LogP contribution in [0.15, 0.2) is 5.22 Å². The second-order valence-corrected chi connectivity index (χ2v) is 9.28. The number of hydrogen-bond donors (Lipinski definition) is 1. The maximum absolute atomic E-state index is 12.4. The van der Waals surface area contributed by atoms with Gasteiger partial charge < -0.3 is 11.0 Å². The highest BCUT2D eigenvalue weighted by Gasteiger charge is 2.59. The predicted octanol–water partition coefficient (Wildman–Crippen LogP) is 4.49. The molecule has 0 bridgehead atoms. The van der Waals surface area contributed by atoms with Crippen LogP contribution in [-0.2, 0) is 4.79 Å². The van der Waals surface area contributed by atoms with Crippen molar-refractivity contribution in [2.24, 2.45) is 39.7 Å². The predicted molar refractivity (Wildman–Crippen MR) is 89.4 cm³/mol. The van der Waals surface area contributed by atoms with Gasteiger partial charge in [0.15, 0.2) is 0 Å². The van der Waals surface area contributed by atoms with Gasteiger partial charge in [-0.3, -0.25) is 10.0 Å². The van der Waals surface area contributed by atoms with Crippen LogP contribution in [0.4, 0.5) is 0 Å². The first kappa shape index (κ1) is 15.6. The number of nitrogens with one attached hydrogen (secondary N) is 1. The van der Waals surface area contributed by atoms with E-state index in [4.69, 9.17) is 5.53 Å². The summed E-state index contributed by atoms with van der Waals surface area (Å²) in [6.07, 6.45) is 10.4. The van der Waals surface area contributed by atoms with E-state index in [9.17, 15) is 4.79 Å². The number of rotatable bonds is 2. The van der Waals surface area contributed by atoms with Crippen LogP contribution in [0.25, 0.3) is 5.53 Å². The molecule has 0 amide bonds. The minimum Gasteiger partial charge on any atom is -0.411 e. The molecule has 0 spiro atoms. The SMILES string of the molecule is CC12CCC3C(CCC4CC(NN=[N-])CCC43C)C1CCC2=O. The summed E-state index contributed by atoms with van der Waals surface area (Å²) in [5.74, 6) is 3.52. The summed E-state index contributed by atoms with van der Waals surface area (Å²) < 4.78 is 0. The van der Waals surface area contributed by atoms with Gasteiger partial charge in [0.2, 0.25) is 0 Å². The fourth-order valence-corrected chi connectivity index (χ4v) is 7.23. The lowest BCUT2D eigenvalue weighted by Crippen LogP contribution is -2.54. The second-order valence-electron chi connectivity index (χ2n) is 9.28. The third kappa shape index (κ3) is 2.12. The summed E-state index contributed by atoms with van der Waals surface area (Å²) in [4.78, 5) is 12.4. The lowest BCUT2D eigenvalue weighted by molar-refractivity contribution is -0.139. The number of carbonyl (C=O) groups is 1. The minimum atomic E-state index is -0.00110. The van der Waals surface area contributed by atoms with Crippen LogP contribution in [0.2, 0.25) is 0 Å². The molecule has 4 aliphatic carbocycles. The molecule has 7 unspecified atom stereocenters. The summed E-state index contributed by atoms with van der Waals surface area (Å²) >= 11 is 0. The Labute approximate surface area is 139 Å². The lowest BCUT2D eigenvalue weighted by Gasteiger charge is -2.60. The molecule has 0 aromatic carbocycles. The zero-order valence-electron chi connectivity index (χ0n) is 14.6. The van der Waals surface area contributed by atoms with E-state index in [1.54, 1.807) is 0 Å². The molecular weight excluding hydrogens is 286 g/mol. The highest BCUT2D eigenvalue weighted by molar-refractivity contribution is 5.87. The maximum Gasteiger partial charge on any atom is 0.139 e. The summed E-state index contributed by atoms with van der Waals surface area (Å²) in [6.45, 7) is 4.79. The van der Waals surface area contributed by atoms with Crippen molar-refractivity contribution >= 4 is 5.78 Å². The van der Waals surface area contributed by atoms with Crippen LogP contribution in [0.1, 0.15) is 71.6 Å². The number of carbonyl (C=O) groups excluding carboxylic acids is 1. The molecule has 4 aliphatic rings. The highest BCUT2D eigenvalue weighted by atomic mass is 16.1. The average molecular weight is 316 g/mol. The van der Waals surface area contributed by atoms with Crippen LogP contribution in [0.5, 0.6) is 0 Å². The van der Waals surface area contributed by atoms with E-state index in [0.29, 0.717) is 23.2 Å². The van der Waals surface area contributed by atoms with Crippen molar-refractivity contribution in [1.82, 2.24) is 5.43 Å². The number of nitrogens with zero attached hydrogens (tertiary/aromatic N) is 2. The maximum atomic E-state index is 12.4. The van der Waals surface area contributed by atoms with E-state index in [0.717, 1.165) is 49.9 Å². The summed E-state index contributed by atoms with van der Waals surface area (Å²) in [6, 6.07) is 0.344. The largest absolute Gasteiger partial charge is 0.411 e. The molecule has 0 aromatic heterocycles. The monoisotopic (exact) mass is 316 g/mol. The molecule has 4 nitrogen and oxygen atoms in total. The molecule has 23 heavy (non-hydrogen) atoms. The Balaban J connectivity index is 1.57. The summed E-state index contributed by atoms with van der Waals surface area (Å²) in [5, 5.41) is 3.17. The first-order valence-electron chi connectivity index (χ1n) is 9.62. The van der Waals surface area contributed by atoms with Crippen LogP contribution < -0.4 is 5.43 Å². The molecule has 0 heterocycles. The first-order chi connectivity index (χ1) is 11.0. The molecule has 0 saturated heterocycles. The number of hydrogen-bond acceptors (Lipinski definition) is 2. The third-order valence-electron chi connectivity index (χ3n) is 8.62. The van der Waals surface area contributed by atoms with Crippen molar-refractivity contribution in [3.05, 3.63) is 5.53 Å². The lowest BCUT2D eigenvalue weighted by atomic mass is 9.45. The van der Waals surface area contributed by atoms with Gasteiger partial charge in [0.25, 0.3) is 0 Å². The minimum absolute atomic E-state index is 0.00110.